The van der Waals surface area contributed by atoms with Crippen LogP contribution in [0.15, 0.2) is 36.7 Å². The van der Waals surface area contributed by atoms with Gasteiger partial charge in [0.25, 0.3) is 0 Å². The van der Waals surface area contributed by atoms with Crippen LogP contribution in [0, 0.1) is 31.4 Å². The van der Waals surface area contributed by atoms with Crippen molar-refractivity contribution < 1.29 is 8.78 Å². The number of rotatable bonds is 5. The second kappa shape index (κ2) is 9.18. The summed E-state index contributed by atoms with van der Waals surface area (Å²) in [5.41, 5.74) is 4.00. The number of hydrogen-bond acceptors (Lipinski definition) is 5. The molecule has 1 aliphatic heterocycles. The SMILES string of the molecule is Cc1nc(C)c2nc(-c3cncc(F)c3)n(Cc3ccc(CC4CCN(C)CC4)cc3F)c2n1. The maximum atomic E-state index is 15.3. The fraction of sp³-hybridized carbons (Fsp3) is 0.385. The lowest BCUT2D eigenvalue weighted by Gasteiger charge is -2.29. The van der Waals surface area contributed by atoms with Crippen LogP contribution in [0.5, 0.6) is 0 Å². The highest BCUT2D eigenvalue weighted by Gasteiger charge is 2.20. The Morgan fingerprint density at radius 1 is 1.00 bits per heavy atom. The van der Waals surface area contributed by atoms with Gasteiger partial charge in [0.2, 0.25) is 0 Å². The number of fused-ring (bicyclic) bond motifs is 1. The van der Waals surface area contributed by atoms with Gasteiger partial charge in [-0.25, -0.2) is 23.7 Å². The minimum absolute atomic E-state index is 0.221. The van der Waals surface area contributed by atoms with Crippen molar-refractivity contribution in [1.29, 1.82) is 0 Å². The standard InChI is InChI=1S/C26H28F2N6/c1-16-24-26(31-17(2)30-16)34(25(32-24)21-12-22(27)14-29-13-21)15-20-5-4-19(11-23(20)28)10-18-6-8-33(3)9-7-18/h4-5,11-14,18H,6-10,15H2,1-3H3. The fourth-order valence-corrected chi connectivity index (χ4v) is 4.79. The molecule has 6 nitrogen and oxygen atoms in total. The molecule has 1 fully saturated rings. The van der Waals surface area contributed by atoms with Gasteiger partial charge < -0.3 is 9.47 Å². The summed E-state index contributed by atoms with van der Waals surface area (Å²) < 4.78 is 31.0. The normalized spacial score (nSPS) is 15.3. The predicted molar refractivity (Wildman–Crippen MR) is 127 cm³/mol. The topological polar surface area (TPSA) is 59.7 Å². The van der Waals surface area contributed by atoms with E-state index in [-0.39, 0.29) is 12.4 Å². The molecule has 4 heterocycles. The maximum absolute atomic E-state index is 15.3. The van der Waals surface area contributed by atoms with Gasteiger partial charge in [-0.1, -0.05) is 12.1 Å². The highest BCUT2D eigenvalue weighted by atomic mass is 19.1. The molecule has 34 heavy (non-hydrogen) atoms. The van der Waals surface area contributed by atoms with Gasteiger partial charge in [-0.2, -0.15) is 0 Å². The molecule has 0 aliphatic carbocycles. The molecule has 0 radical (unpaired) electrons. The Kier molecular flexibility index (Phi) is 6.08. The zero-order chi connectivity index (χ0) is 23.8. The number of nitrogens with zero attached hydrogens (tertiary/aromatic N) is 6. The summed E-state index contributed by atoms with van der Waals surface area (Å²) in [6, 6.07) is 6.90. The fourth-order valence-electron chi connectivity index (χ4n) is 4.79. The van der Waals surface area contributed by atoms with Gasteiger partial charge in [0.05, 0.1) is 18.4 Å². The third-order valence-electron chi connectivity index (χ3n) is 6.65. The Morgan fingerprint density at radius 3 is 2.53 bits per heavy atom. The molecule has 5 rings (SSSR count). The molecule has 0 bridgehead atoms. The van der Waals surface area contributed by atoms with Crippen LogP contribution in [0.2, 0.25) is 0 Å². The van der Waals surface area contributed by atoms with Crippen LogP contribution in [0.4, 0.5) is 8.78 Å². The first kappa shape index (κ1) is 22.5. The number of aromatic nitrogens is 5. The smallest absolute Gasteiger partial charge is 0.164 e. The average Bonchev–Trinajstić information content (AvgIpc) is 3.16. The number of imidazole rings is 1. The van der Waals surface area contributed by atoms with Crippen LogP contribution < -0.4 is 0 Å². The predicted octanol–water partition coefficient (Wildman–Crippen LogP) is 4.72. The summed E-state index contributed by atoms with van der Waals surface area (Å²) in [5, 5.41) is 0. The van der Waals surface area contributed by atoms with Crippen molar-refractivity contribution in [3.8, 4) is 11.4 Å². The second-order valence-corrected chi connectivity index (χ2v) is 9.32. The Hall–Kier alpha value is -3.26. The summed E-state index contributed by atoms with van der Waals surface area (Å²) >= 11 is 0. The van der Waals surface area contributed by atoms with Crippen LogP contribution in [-0.2, 0) is 13.0 Å². The molecule has 0 atom stereocenters. The van der Waals surface area contributed by atoms with E-state index in [0.29, 0.717) is 39.9 Å². The molecule has 0 unspecified atom stereocenters. The first-order valence-corrected chi connectivity index (χ1v) is 11.7. The van der Waals surface area contributed by atoms with Gasteiger partial charge in [-0.3, -0.25) is 4.98 Å². The van der Waals surface area contributed by atoms with Crippen molar-refractivity contribution in [3.63, 3.8) is 0 Å². The van der Waals surface area contributed by atoms with Crippen molar-refractivity contribution in [2.45, 2.75) is 39.7 Å². The van der Waals surface area contributed by atoms with E-state index in [1.54, 1.807) is 12.3 Å². The Bertz CT molecular complexity index is 1340. The molecule has 1 aliphatic rings. The molecule has 0 N–H and O–H groups in total. The van der Waals surface area contributed by atoms with E-state index in [9.17, 15) is 4.39 Å². The van der Waals surface area contributed by atoms with E-state index in [2.05, 4.69) is 26.9 Å². The third-order valence-corrected chi connectivity index (χ3v) is 6.65. The molecular formula is C26H28F2N6. The molecule has 0 amide bonds. The van der Waals surface area contributed by atoms with E-state index in [1.807, 2.05) is 30.5 Å². The number of aryl methyl sites for hydroxylation is 2. The number of halogens is 2. The molecule has 4 aromatic rings. The van der Waals surface area contributed by atoms with Crippen LogP contribution in [0.3, 0.4) is 0 Å². The van der Waals surface area contributed by atoms with E-state index in [4.69, 9.17) is 4.98 Å². The minimum Gasteiger partial charge on any atom is -0.306 e. The van der Waals surface area contributed by atoms with Gasteiger partial charge in [-0.15, -0.1) is 0 Å². The molecule has 0 saturated carbocycles. The highest BCUT2D eigenvalue weighted by molar-refractivity contribution is 5.79. The highest BCUT2D eigenvalue weighted by Crippen LogP contribution is 2.28. The minimum atomic E-state index is -0.459. The van der Waals surface area contributed by atoms with Crippen LogP contribution >= 0.6 is 0 Å². The van der Waals surface area contributed by atoms with Gasteiger partial charge in [0, 0.05) is 17.3 Å². The van der Waals surface area contributed by atoms with Crippen molar-refractivity contribution in [2.75, 3.05) is 20.1 Å². The third kappa shape index (κ3) is 4.55. The monoisotopic (exact) mass is 462 g/mol. The molecule has 1 saturated heterocycles. The number of likely N-dealkylation sites (tertiary alicyclic amines) is 1. The van der Waals surface area contributed by atoms with Crippen LogP contribution in [0.25, 0.3) is 22.6 Å². The molecule has 176 valence electrons. The van der Waals surface area contributed by atoms with Crippen molar-refractivity contribution in [1.82, 2.24) is 29.4 Å². The first-order valence-electron chi connectivity index (χ1n) is 11.7. The van der Waals surface area contributed by atoms with Gasteiger partial charge in [-0.05, 0) is 76.9 Å². The largest absolute Gasteiger partial charge is 0.306 e. The Morgan fingerprint density at radius 2 is 1.79 bits per heavy atom. The summed E-state index contributed by atoms with van der Waals surface area (Å²) in [6.07, 6.45) is 5.88. The van der Waals surface area contributed by atoms with Gasteiger partial charge in [0.1, 0.15) is 28.8 Å². The van der Waals surface area contributed by atoms with E-state index in [0.717, 1.165) is 49.8 Å². The molecule has 8 heteroatoms. The van der Waals surface area contributed by atoms with Crippen LogP contribution in [-0.4, -0.2) is 49.5 Å². The van der Waals surface area contributed by atoms with Crippen molar-refractivity contribution in [2.24, 2.45) is 5.92 Å². The van der Waals surface area contributed by atoms with Crippen molar-refractivity contribution in [3.05, 3.63) is 70.9 Å². The Balaban J connectivity index is 1.50. The summed E-state index contributed by atoms with van der Waals surface area (Å²) in [4.78, 5) is 20.0. The summed E-state index contributed by atoms with van der Waals surface area (Å²) in [6.45, 7) is 6.08. The lowest BCUT2D eigenvalue weighted by molar-refractivity contribution is 0.219. The van der Waals surface area contributed by atoms with E-state index < -0.39 is 5.82 Å². The molecule has 0 spiro atoms. The van der Waals surface area contributed by atoms with Gasteiger partial charge >= 0.3 is 0 Å². The Labute approximate surface area is 197 Å². The number of hydrogen-bond donors (Lipinski definition) is 0. The summed E-state index contributed by atoms with van der Waals surface area (Å²) in [7, 11) is 2.15. The number of piperidine rings is 1. The zero-order valence-corrected chi connectivity index (χ0v) is 19.7. The number of benzene rings is 1. The number of pyridine rings is 1. The molecular weight excluding hydrogens is 434 g/mol. The lowest BCUT2D eigenvalue weighted by atomic mass is 9.90. The average molecular weight is 463 g/mol. The van der Waals surface area contributed by atoms with E-state index >= 15 is 4.39 Å². The van der Waals surface area contributed by atoms with Crippen LogP contribution in [0.1, 0.15) is 35.5 Å². The summed E-state index contributed by atoms with van der Waals surface area (Å²) in [5.74, 6) is 0.968. The van der Waals surface area contributed by atoms with Crippen molar-refractivity contribution >= 4 is 11.2 Å². The molecule has 1 aromatic carbocycles. The van der Waals surface area contributed by atoms with Gasteiger partial charge in [0.15, 0.2) is 5.65 Å². The lowest BCUT2D eigenvalue weighted by Crippen LogP contribution is -2.30. The quantitative estimate of drug-likeness (QED) is 0.430. The maximum Gasteiger partial charge on any atom is 0.164 e. The van der Waals surface area contributed by atoms with E-state index in [1.165, 1.54) is 6.07 Å². The molecule has 3 aromatic heterocycles. The second-order valence-electron chi connectivity index (χ2n) is 9.32. The first-order chi connectivity index (χ1) is 16.4. The zero-order valence-electron chi connectivity index (χ0n) is 19.7.